The minimum absolute atomic E-state index is 0.0154. The molecule has 0 aliphatic heterocycles. The highest BCUT2D eigenvalue weighted by Gasteiger charge is 2.29. The second kappa shape index (κ2) is 6.43. The Labute approximate surface area is 156 Å². The molecule has 27 heavy (non-hydrogen) atoms. The maximum atomic E-state index is 13.4. The predicted octanol–water partition coefficient (Wildman–Crippen LogP) is 3.78. The maximum Gasteiger partial charge on any atom is 0.261 e. The van der Waals surface area contributed by atoms with Gasteiger partial charge in [-0.1, -0.05) is 12.1 Å². The zero-order valence-corrected chi connectivity index (χ0v) is 14.7. The van der Waals surface area contributed by atoms with E-state index in [1.807, 2.05) is 47.0 Å². The normalized spacial score (nSPS) is 13.8. The molecule has 3 aromatic heterocycles. The van der Waals surface area contributed by atoms with Gasteiger partial charge in [0.2, 0.25) is 0 Å². The van der Waals surface area contributed by atoms with Gasteiger partial charge in [0.1, 0.15) is 5.82 Å². The molecule has 1 aliphatic carbocycles. The summed E-state index contributed by atoms with van der Waals surface area (Å²) in [6, 6.07) is 13.7. The van der Waals surface area contributed by atoms with Gasteiger partial charge in [0.05, 0.1) is 17.4 Å². The van der Waals surface area contributed by atoms with Crippen molar-refractivity contribution in [1.29, 1.82) is 0 Å². The third-order valence-corrected chi connectivity index (χ3v) is 5.00. The van der Waals surface area contributed by atoms with Gasteiger partial charge in [0.25, 0.3) is 5.56 Å². The zero-order valence-electron chi connectivity index (χ0n) is 14.7. The molecule has 0 unspecified atom stereocenters. The van der Waals surface area contributed by atoms with Gasteiger partial charge in [0.15, 0.2) is 0 Å². The number of fused-ring (bicyclic) bond motifs is 1. The van der Waals surface area contributed by atoms with Crippen molar-refractivity contribution in [3.63, 3.8) is 0 Å². The standard InChI is InChI=1S/C22H18N4O/c27-22-19-12-18(16-7-10-23-11-8-16)5-6-20(19)25-21(17-3-4-17)26(22)14-15-2-1-9-24-13-15/h1-2,5-13,17H,3-4,14H2. The summed E-state index contributed by atoms with van der Waals surface area (Å²) < 4.78 is 1.83. The molecule has 1 saturated carbocycles. The summed E-state index contributed by atoms with van der Waals surface area (Å²) in [5.74, 6) is 1.28. The molecular formula is C22H18N4O. The summed E-state index contributed by atoms with van der Waals surface area (Å²) in [5.41, 5.74) is 3.82. The molecule has 0 spiro atoms. The molecule has 0 radical (unpaired) electrons. The molecule has 0 atom stereocenters. The van der Waals surface area contributed by atoms with Crippen LogP contribution in [0.15, 0.2) is 72.0 Å². The van der Waals surface area contributed by atoms with Gasteiger partial charge in [-0.2, -0.15) is 0 Å². The molecule has 3 heterocycles. The first-order valence-corrected chi connectivity index (χ1v) is 9.13. The third-order valence-electron chi connectivity index (χ3n) is 5.00. The number of nitrogens with zero attached hydrogens (tertiary/aromatic N) is 4. The Balaban J connectivity index is 1.68. The van der Waals surface area contributed by atoms with Gasteiger partial charge < -0.3 is 0 Å². The predicted molar refractivity (Wildman–Crippen MR) is 105 cm³/mol. The summed E-state index contributed by atoms with van der Waals surface area (Å²) in [7, 11) is 0. The fourth-order valence-electron chi connectivity index (χ4n) is 3.44. The van der Waals surface area contributed by atoms with Crippen LogP contribution in [0.25, 0.3) is 22.0 Å². The fourth-order valence-corrected chi connectivity index (χ4v) is 3.44. The number of benzene rings is 1. The van der Waals surface area contributed by atoms with Crippen LogP contribution in [0.1, 0.15) is 30.1 Å². The molecule has 5 nitrogen and oxygen atoms in total. The van der Waals surface area contributed by atoms with Gasteiger partial charge in [-0.05, 0) is 59.9 Å². The van der Waals surface area contributed by atoms with Gasteiger partial charge >= 0.3 is 0 Å². The summed E-state index contributed by atoms with van der Waals surface area (Å²) >= 11 is 0. The van der Waals surface area contributed by atoms with Crippen LogP contribution in [0.4, 0.5) is 0 Å². The van der Waals surface area contributed by atoms with Crippen molar-refractivity contribution in [3.8, 4) is 11.1 Å². The van der Waals surface area contributed by atoms with Gasteiger partial charge in [-0.15, -0.1) is 0 Å². The molecule has 1 fully saturated rings. The second-order valence-electron chi connectivity index (χ2n) is 6.96. The van der Waals surface area contributed by atoms with Crippen molar-refractivity contribution in [2.24, 2.45) is 0 Å². The summed E-state index contributed by atoms with van der Waals surface area (Å²) in [6.45, 7) is 0.501. The SMILES string of the molecule is O=c1c2cc(-c3ccncc3)ccc2nc(C2CC2)n1Cc1cccnc1. The first kappa shape index (κ1) is 15.9. The average molecular weight is 354 g/mol. The van der Waals surface area contributed by atoms with Crippen LogP contribution in [-0.2, 0) is 6.54 Å². The Hall–Kier alpha value is -3.34. The lowest BCUT2D eigenvalue weighted by Crippen LogP contribution is -2.25. The number of aromatic nitrogens is 4. The largest absolute Gasteiger partial charge is 0.291 e. The van der Waals surface area contributed by atoms with E-state index in [1.165, 1.54) is 0 Å². The highest BCUT2D eigenvalue weighted by molar-refractivity contribution is 5.83. The van der Waals surface area contributed by atoms with Crippen molar-refractivity contribution >= 4 is 10.9 Å². The van der Waals surface area contributed by atoms with Crippen LogP contribution in [0.2, 0.25) is 0 Å². The summed E-state index contributed by atoms with van der Waals surface area (Å²) in [4.78, 5) is 26.5. The molecule has 5 heteroatoms. The van der Waals surface area contributed by atoms with E-state index in [0.29, 0.717) is 17.8 Å². The lowest BCUT2D eigenvalue weighted by Gasteiger charge is -2.14. The lowest BCUT2D eigenvalue weighted by atomic mass is 10.0. The smallest absolute Gasteiger partial charge is 0.261 e. The molecular weight excluding hydrogens is 336 g/mol. The number of hydrogen-bond donors (Lipinski definition) is 0. The number of rotatable bonds is 4. The maximum absolute atomic E-state index is 13.4. The summed E-state index contributed by atoms with van der Waals surface area (Å²) in [5, 5.41) is 0.651. The van der Waals surface area contributed by atoms with Crippen LogP contribution < -0.4 is 5.56 Å². The highest BCUT2D eigenvalue weighted by Crippen LogP contribution is 2.39. The number of pyridine rings is 2. The minimum Gasteiger partial charge on any atom is -0.291 e. The van der Waals surface area contributed by atoms with Gasteiger partial charge in [-0.25, -0.2) is 4.98 Å². The number of hydrogen-bond acceptors (Lipinski definition) is 4. The van der Waals surface area contributed by atoms with Crippen LogP contribution >= 0.6 is 0 Å². The molecule has 1 aliphatic rings. The van der Waals surface area contributed by atoms with Crippen LogP contribution in [0, 0.1) is 0 Å². The molecule has 5 rings (SSSR count). The van der Waals surface area contributed by atoms with Crippen LogP contribution in [0.3, 0.4) is 0 Å². The molecule has 1 aromatic carbocycles. The first-order valence-electron chi connectivity index (χ1n) is 9.13. The van der Waals surface area contributed by atoms with E-state index in [1.54, 1.807) is 24.8 Å². The molecule has 0 bridgehead atoms. The van der Waals surface area contributed by atoms with E-state index in [2.05, 4.69) is 9.97 Å². The Morgan fingerprint density at radius 1 is 0.963 bits per heavy atom. The van der Waals surface area contributed by atoms with Gasteiger partial charge in [-0.3, -0.25) is 19.3 Å². The van der Waals surface area contributed by atoms with E-state index in [9.17, 15) is 4.79 Å². The average Bonchev–Trinajstić information content (AvgIpc) is 3.56. The zero-order chi connectivity index (χ0) is 18.2. The summed E-state index contributed by atoms with van der Waals surface area (Å²) in [6.07, 6.45) is 9.26. The minimum atomic E-state index is 0.0154. The molecule has 0 amide bonds. The van der Waals surface area contributed by atoms with Gasteiger partial charge in [0, 0.05) is 30.7 Å². The Morgan fingerprint density at radius 3 is 2.56 bits per heavy atom. The van der Waals surface area contributed by atoms with E-state index in [-0.39, 0.29) is 5.56 Å². The first-order chi connectivity index (χ1) is 13.3. The molecule has 132 valence electrons. The monoisotopic (exact) mass is 354 g/mol. The van der Waals surface area contributed by atoms with E-state index < -0.39 is 0 Å². The molecule has 0 N–H and O–H groups in total. The van der Waals surface area contributed by atoms with Crippen molar-refractivity contribution in [2.45, 2.75) is 25.3 Å². The van der Waals surface area contributed by atoms with Crippen molar-refractivity contribution in [2.75, 3.05) is 0 Å². The van der Waals surface area contributed by atoms with Crippen molar-refractivity contribution in [3.05, 3.63) is 89.0 Å². The quantitative estimate of drug-likeness (QED) is 0.560. The Morgan fingerprint density at radius 2 is 1.81 bits per heavy atom. The third kappa shape index (κ3) is 3.01. The Bertz CT molecular complexity index is 1170. The van der Waals surface area contributed by atoms with Crippen LogP contribution in [0.5, 0.6) is 0 Å². The second-order valence-corrected chi connectivity index (χ2v) is 6.96. The molecule has 0 saturated heterocycles. The van der Waals surface area contributed by atoms with E-state index in [4.69, 9.17) is 4.98 Å². The van der Waals surface area contributed by atoms with Crippen molar-refractivity contribution in [1.82, 2.24) is 19.5 Å². The van der Waals surface area contributed by atoms with E-state index >= 15 is 0 Å². The van der Waals surface area contributed by atoms with E-state index in [0.717, 1.165) is 40.9 Å². The van der Waals surface area contributed by atoms with Crippen molar-refractivity contribution < 1.29 is 0 Å². The highest BCUT2D eigenvalue weighted by atomic mass is 16.1. The fraction of sp³-hybridized carbons (Fsp3) is 0.182. The Kier molecular flexibility index (Phi) is 3.78. The topological polar surface area (TPSA) is 60.7 Å². The van der Waals surface area contributed by atoms with Crippen LogP contribution in [-0.4, -0.2) is 19.5 Å². The molecule has 4 aromatic rings. The lowest BCUT2D eigenvalue weighted by molar-refractivity contribution is 0.679.